The molecule has 0 heterocycles. The van der Waals surface area contributed by atoms with Gasteiger partial charge in [-0.15, -0.1) is 0 Å². The second kappa shape index (κ2) is 6.14. The molecule has 0 aliphatic heterocycles. The molecule has 0 unspecified atom stereocenters. The third-order valence-corrected chi connectivity index (χ3v) is 4.88. The summed E-state index contributed by atoms with van der Waals surface area (Å²) in [6, 6.07) is 3.84. The number of carbonyl (C=O) groups is 1. The van der Waals surface area contributed by atoms with Gasteiger partial charge < -0.3 is 9.47 Å². The van der Waals surface area contributed by atoms with E-state index in [0.29, 0.717) is 6.42 Å². The van der Waals surface area contributed by atoms with E-state index in [4.69, 9.17) is 9.47 Å². The minimum atomic E-state index is -0.425. The number of ether oxygens (including phenoxy) is 2. The molecule has 1 aromatic rings. The molecule has 1 saturated carbocycles. The molecule has 3 nitrogen and oxygen atoms in total. The van der Waals surface area contributed by atoms with Crippen molar-refractivity contribution in [3.8, 4) is 5.75 Å². The molecule has 0 N–H and O–H groups in total. The van der Waals surface area contributed by atoms with Crippen LogP contribution < -0.4 is 4.74 Å². The van der Waals surface area contributed by atoms with Gasteiger partial charge in [-0.05, 0) is 63.3 Å². The highest BCUT2D eigenvalue weighted by Crippen LogP contribution is 2.45. The minimum absolute atomic E-state index is 0.232. The van der Waals surface area contributed by atoms with Crippen LogP contribution in [-0.2, 0) is 9.53 Å². The summed E-state index contributed by atoms with van der Waals surface area (Å²) in [5.41, 5.74) is -0.425. The molecule has 0 amide bonds. The molecule has 1 aromatic carbocycles. The number of esters is 1. The summed E-state index contributed by atoms with van der Waals surface area (Å²) in [6.07, 6.45) is 3.11. The van der Waals surface area contributed by atoms with Crippen molar-refractivity contribution in [1.82, 2.24) is 0 Å². The summed E-state index contributed by atoms with van der Waals surface area (Å²) in [6.45, 7) is 0. The first kappa shape index (κ1) is 15.3. The van der Waals surface area contributed by atoms with Gasteiger partial charge in [0.25, 0.3) is 0 Å². The summed E-state index contributed by atoms with van der Waals surface area (Å²) in [5.74, 6) is 0.496. The highest BCUT2D eigenvalue weighted by Gasteiger charge is 2.42. The molecule has 1 fully saturated rings. The molecule has 1 aliphatic rings. The van der Waals surface area contributed by atoms with Gasteiger partial charge in [0.1, 0.15) is 11.4 Å². The van der Waals surface area contributed by atoms with Crippen molar-refractivity contribution < 1.29 is 14.3 Å². The Balaban J connectivity index is 2.21. The van der Waals surface area contributed by atoms with Crippen LogP contribution in [0.15, 0.2) is 25.6 Å². The highest BCUT2D eigenvalue weighted by atomic mass is 79.9. The number of hydrogen-bond donors (Lipinski definition) is 0. The topological polar surface area (TPSA) is 35.5 Å². The number of halogens is 3. The Morgan fingerprint density at radius 1 is 1.26 bits per heavy atom. The lowest BCUT2D eigenvalue weighted by molar-refractivity contribution is -0.148. The summed E-state index contributed by atoms with van der Waals surface area (Å²) in [7, 11) is 1.40. The van der Waals surface area contributed by atoms with Gasteiger partial charge in [0.2, 0.25) is 0 Å². The predicted molar refractivity (Wildman–Crippen MR) is 83.4 cm³/mol. The summed E-state index contributed by atoms with van der Waals surface area (Å²) in [5, 5.41) is 0. The van der Waals surface area contributed by atoms with Crippen LogP contribution in [0.2, 0.25) is 0 Å². The summed E-state index contributed by atoms with van der Waals surface area (Å²) < 4.78 is 13.5. The maximum atomic E-state index is 11.5. The van der Waals surface area contributed by atoms with E-state index in [9.17, 15) is 4.79 Å². The van der Waals surface area contributed by atoms with Crippen LogP contribution >= 0.6 is 47.8 Å². The van der Waals surface area contributed by atoms with Crippen LogP contribution in [0.1, 0.15) is 25.7 Å². The van der Waals surface area contributed by atoms with Crippen LogP contribution in [0.5, 0.6) is 5.75 Å². The van der Waals surface area contributed by atoms with Gasteiger partial charge in [0.15, 0.2) is 0 Å². The van der Waals surface area contributed by atoms with Crippen molar-refractivity contribution >= 4 is 53.8 Å². The lowest BCUT2D eigenvalue weighted by atomic mass is 9.77. The smallest absolute Gasteiger partial charge is 0.309 e. The van der Waals surface area contributed by atoms with Crippen LogP contribution in [0.25, 0.3) is 0 Å². The van der Waals surface area contributed by atoms with E-state index in [1.165, 1.54) is 7.11 Å². The van der Waals surface area contributed by atoms with E-state index < -0.39 is 5.60 Å². The normalized spacial score (nSPS) is 16.6. The molecule has 19 heavy (non-hydrogen) atoms. The molecule has 0 bridgehead atoms. The first-order valence-electron chi connectivity index (χ1n) is 5.86. The Morgan fingerprint density at radius 3 is 2.26 bits per heavy atom. The fraction of sp³-hybridized carbons (Fsp3) is 0.462. The monoisotopic (exact) mass is 454 g/mol. The Morgan fingerprint density at radius 2 is 1.84 bits per heavy atom. The molecule has 0 spiro atoms. The number of benzene rings is 1. The van der Waals surface area contributed by atoms with E-state index >= 15 is 0 Å². The molecule has 0 atom stereocenters. The molecule has 1 aliphatic carbocycles. The largest absolute Gasteiger partial charge is 0.484 e. The van der Waals surface area contributed by atoms with Gasteiger partial charge in [-0.3, -0.25) is 4.79 Å². The van der Waals surface area contributed by atoms with Gasteiger partial charge in [-0.2, -0.15) is 0 Å². The Bertz CT molecular complexity index is 475. The fourth-order valence-electron chi connectivity index (χ4n) is 2.06. The lowest BCUT2D eigenvalue weighted by Gasteiger charge is -2.41. The average molecular weight is 457 g/mol. The Hall–Kier alpha value is -0.0700. The summed E-state index contributed by atoms with van der Waals surface area (Å²) in [4.78, 5) is 11.5. The second-order valence-corrected chi connectivity index (χ2v) is 7.21. The van der Waals surface area contributed by atoms with Crippen molar-refractivity contribution in [3.63, 3.8) is 0 Å². The number of hydrogen-bond acceptors (Lipinski definition) is 3. The zero-order valence-electron chi connectivity index (χ0n) is 10.3. The first-order valence-corrected chi connectivity index (χ1v) is 8.24. The van der Waals surface area contributed by atoms with E-state index in [1.54, 1.807) is 0 Å². The van der Waals surface area contributed by atoms with Crippen molar-refractivity contribution in [1.29, 1.82) is 0 Å². The van der Waals surface area contributed by atoms with E-state index in [-0.39, 0.29) is 5.97 Å². The predicted octanol–water partition coefficient (Wildman–Crippen LogP) is 4.84. The van der Waals surface area contributed by atoms with Crippen molar-refractivity contribution in [2.24, 2.45) is 0 Å². The van der Waals surface area contributed by atoms with Crippen molar-refractivity contribution in [3.05, 3.63) is 25.6 Å². The molecular formula is C13H13Br3O3. The zero-order chi connectivity index (χ0) is 14.0. The van der Waals surface area contributed by atoms with Gasteiger partial charge >= 0.3 is 5.97 Å². The van der Waals surface area contributed by atoms with Crippen LogP contribution in [-0.4, -0.2) is 18.7 Å². The van der Waals surface area contributed by atoms with Gasteiger partial charge in [-0.1, -0.05) is 15.9 Å². The number of carbonyl (C=O) groups excluding carboxylic acids is 1. The third-order valence-electron chi connectivity index (χ3n) is 3.24. The SMILES string of the molecule is COC(=O)CC1(Oc2c(Br)cc(Br)cc2Br)CCC1. The lowest BCUT2D eigenvalue weighted by Crippen LogP contribution is -2.45. The van der Waals surface area contributed by atoms with E-state index in [0.717, 1.165) is 38.4 Å². The molecule has 0 radical (unpaired) electrons. The maximum Gasteiger partial charge on any atom is 0.309 e. The second-order valence-electron chi connectivity index (χ2n) is 4.59. The van der Waals surface area contributed by atoms with Crippen LogP contribution in [0.4, 0.5) is 0 Å². The maximum absolute atomic E-state index is 11.5. The van der Waals surface area contributed by atoms with Gasteiger partial charge in [0, 0.05) is 4.47 Å². The minimum Gasteiger partial charge on any atom is -0.484 e. The van der Waals surface area contributed by atoms with Crippen LogP contribution in [0, 0.1) is 0 Å². The van der Waals surface area contributed by atoms with E-state index in [2.05, 4.69) is 47.8 Å². The summed E-state index contributed by atoms with van der Waals surface area (Å²) >= 11 is 10.4. The number of methoxy groups -OCH3 is 1. The zero-order valence-corrected chi connectivity index (χ0v) is 15.1. The standard InChI is InChI=1S/C13H13Br3O3/c1-18-11(17)7-13(3-2-4-13)19-12-9(15)5-8(14)6-10(12)16/h5-6H,2-4,7H2,1H3. The van der Waals surface area contributed by atoms with Crippen molar-refractivity contribution in [2.75, 3.05) is 7.11 Å². The molecule has 2 rings (SSSR count). The van der Waals surface area contributed by atoms with Crippen LogP contribution in [0.3, 0.4) is 0 Å². The molecular weight excluding hydrogens is 444 g/mol. The van der Waals surface area contributed by atoms with Gasteiger partial charge in [0.05, 0.1) is 22.5 Å². The van der Waals surface area contributed by atoms with E-state index in [1.807, 2.05) is 12.1 Å². The Kier molecular flexibility index (Phi) is 4.95. The quantitative estimate of drug-likeness (QED) is 0.608. The Labute approximate surface area is 137 Å². The highest BCUT2D eigenvalue weighted by molar-refractivity contribution is 9.11. The first-order chi connectivity index (χ1) is 8.96. The van der Waals surface area contributed by atoms with Crippen molar-refractivity contribution in [2.45, 2.75) is 31.3 Å². The molecule has 0 saturated heterocycles. The van der Waals surface area contributed by atoms with Gasteiger partial charge in [-0.25, -0.2) is 0 Å². The number of rotatable bonds is 4. The molecule has 0 aromatic heterocycles. The third kappa shape index (κ3) is 3.52. The molecule has 6 heteroatoms. The fourth-order valence-corrected chi connectivity index (χ4v) is 4.48. The molecule has 104 valence electrons. The average Bonchev–Trinajstić information content (AvgIpc) is 2.29.